The Bertz CT molecular complexity index is 1580. The van der Waals surface area contributed by atoms with Crippen LogP contribution in [0.25, 0.3) is 0 Å². The van der Waals surface area contributed by atoms with Crippen molar-refractivity contribution in [2.45, 2.75) is 51.4 Å². The first-order chi connectivity index (χ1) is 21.5. The molecule has 3 aromatic carbocycles. The van der Waals surface area contributed by atoms with Gasteiger partial charge in [-0.15, -0.1) is 11.3 Å². The van der Waals surface area contributed by atoms with Gasteiger partial charge in [-0.05, 0) is 61.7 Å². The molecule has 2 amide bonds. The van der Waals surface area contributed by atoms with Crippen LogP contribution < -0.4 is 15.4 Å². The minimum Gasteiger partial charge on any atom is -0.497 e. The summed E-state index contributed by atoms with van der Waals surface area (Å²) in [5.41, 5.74) is 2.07. The topological polar surface area (TPSA) is 104 Å². The summed E-state index contributed by atoms with van der Waals surface area (Å²) < 4.78 is 33.2. The van der Waals surface area contributed by atoms with Crippen LogP contribution in [-0.2, 0) is 13.0 Å². The van der Waals surface area contributed by atoms with E-state index < -0.39 is 35.9 Å². The van der Waals surface area contributed by atoms with Crippen LogP contribution in [0.15, 0.2) is 78.2 Å². The predicted molar refractivity (Wildman–Crippen MR) is 171 cm³/mol. The van der Waals surface area contributed by atoms with Crippen molar-refractivity contribution < 1.29 is 28.2 Å². The molecule has 0 saturated carbocycles. The van der Waals surface area contributed by atoms with Gasteiger partial charge in [0.2, 0.25) is 0 Å². The molecule has 1 aromatic heterocycles. The van der Waals surface area contributed by atoms with Crippen LogP contribution in [0.4, 0.5) is 8.78 Å². The number of carbonyl (C=O) groups excluding carboxylic acids is 2. The number of benzene rings is 3. The number of hydrogen-bond acceptors (Lipinski definition) is 7. The summed E-state index contributed by atoms with van der Waals surface area (Å²) in [6.45, 7) is 4.13. The van der Waals surface area contributed by atoms with E-state index in [2.05, 4.69) is 15.6 Å². The molecule has 8 nitrogen and oxygen atoms in total. The monoisotopic (exact) mass is 636 g/mol. The Morgan fingerprint density at radius 1 is 1.02 bits per heavy atom. The number of halogens is 2. The lowest BCUT2D eigenvalue weighted by Gasteiger charge is -2.26. The molecular weight excluding hydrogens is 598 g/mol. The molecule has 4 aromatic rings. The minimum atomic E-state index is -2.90. The average Bonchev–Trinajstić information content (AvgIpc) is 3.46. The van der Waals surface area contributed by atoms with Gasteiger partial charge in [0.15, 0.2) is 0 Å². The van der Waals surface area contributed by atoms with E-state index in [0.717, 1.165) is 29.0 Å². The Balaban J connectivity index is 1.53. The Morgan fingerprint density at radius 3 is 2.42 bits per heavy atom. The second-order valence-corrected chi connectivity index (χ2v) is 11.9. The molecule has 0 aliphatic carbocycles. The third kappa shape index (κ3) is 9.40. The van der Waals surface area contributed by atoms with E-state index in [1.54, 1.807) is 14.2 Å². The van der Waals surface area contributed by atoms with Gasteiger partial charge in [0.25, 0.3) is 18.2 Å². The van der Waals surface area contributed by atoms with Gasteiger partial charge in [0, 0.05) is 47.4 Å². The number of alkyl halides is 2. The van der Waals surface area contributed by atoms with Gasteiger partial charge in [-0.2, -0.15) is 0 Å². The van der Waals surface area contributed by atoms with Crippen molar-refractivity contribution in [3.63, 3.8) is 0 Å². The Labute approximate surface area is 266 Å². The van der Waals surface area contributed by atoms with Crippen LogP contribution in [0.2, 0.25) is 0 Å². The summed E-state index contributed by atoms with van der Waals surface area (Å²) >= 11 is 1.40. The molecule has 1 heterocycles. The van der Waals surface area contributed by atoms with Gasteiger partial charge in [-0.3, -0.25) is 9.59 Å². The third-order valence-electron chi connectivity index (χ3n) is 7.41. The highest BCUT2D eigenvalue weighted by molar-refractivity contribution is 7.09. The average molecular weight is 637 g/mol. The molecule has 0 saturated heterocycles. The number of aliphatic hydroxyl groups is 1. The molecule has 0 bridgehead atoms. The van der Waals surface area contributed by atoms with Gasteiger partial charge in [0.05, 0.1) is 25.8 Å². The summed E-state index contributed by atoms with van der Waals surface area (Å²) in [5.74, 6) is -0.481. The number of ether oxygens (including phenoxy) is 1. The van der Waals surface area contributed by atoms with E-state index in [0.29, 0.717) is 17.2 Å². The fraction of sp³-hybridized carbons (Fsp3) is 0.324. The first-order valence-electron chi connectivity index (χ1n) is 14.5. The van der Waals surface area contributed by atoms with Gasteiger partial charge in [-0.1, -0.05) is 42.5 Å². The second kappa shape index (κ2) is 15.7. The molecule has 0 fully saturated rings. The number of rotatable bonds is 14. The SMILES string of the molecule is COc1cccc([C@H](C)NC[C@@H](O)[C@H](Cc2ccccc2)NC(=O)c2cc(C(=O)N(C)Cc3nc(C)cs3)cc(C(F)F)c2)c1. The number of aliphatic hydroxyl groups excluding tert-OH is 1. The van der Waals surface area contributed by atoms with Crippen LogP contribution in [0.5, 0.6) is 5.75 Å². The first-order valence-corrected chi connectivity index (χ1v) is 15.4. The number of hydrogen-bond donors (Lipinski definition) is 3. The van der Waals surface area contributed by atoms with E-state index in [-0.39, 0.29) is 30.3 Å². The standard InChI is InChI=1S/C34H38F2N4O4S/c1-21-20-45-31(38-21)19-40(3)34(43)27-15-25(32(35)36)14-26(16-27)33(42)39-29(13-23-9-6-5-7-10-23)30(41)18-37-22(2)24-11-8-12-28(17-24)44-4/h5-12,14-17,20,22,29-30,32,37,41H,13,18-19H2,1-4H3,(H,39,42)/t22-,29-,30+/m0/s1. The third-order valence-corrected chi connectivity index (χ3v) is 8.36. The lowest BCUT2D eigenvalue weighted by Crippen LogP contribution is -2.49. The number of nitrogens with one attached hydrogen (secondary N) is 2. The van der Waals surface area contributed by atoms with Crippen LogP contribution in [-0.4, -0.2) is 59.7 Å². The number of amides is 2. The zero-order valence-electron chi connectivity index (χ0n) is 25.7. The number of thiazole rings is 1. The number of nitrogens with zero attached hydrogens (tertiary/aromatic N) is 2. The van der Waals surface area contributed by atoms with E-state index in [1.165, 1.54) is 22.3 Å². The fourth-order valence-corrected chi connectivity index (χ4v) is 5.70. The molecule has 238 valence electrons. The summed E-state index contributed by atoms with van der Waals surface area (Å²) in [7, 11) is 3.15. The summed E-state index contributed by atoms with van der Waals surface area (Å²) in [4.78, 5) is 32.5. The lowest BCUT2D eigenvalue weighted by molar-refractivity contribution is 0.0784. The van der Waals surface area contributed by atoms with Crippen molar-refractivity contribution in [1.29, 1.82) is 0 Å². The van der Waals surface area contributed by atoms with E-state index in [1.807, 2.05) is 73.8 Å². The van der Waals surface area contributed by atoms with Crippen LogP contribution in [0, 0.1) is 6.92 Å². The maximum Gasteiger partial charge on any atom is 0.263 e. The molecule has 45 heavy (non-hydrogen) atoms. The molecule has 0 aliphatic rings. The van der Waals surface area contributed by atoms with Crippen molar-refractivity contribution in [1.82, 2.24) is 20.5 Å². The number of aryl methyl sites for hydroxylation is 1. The van der Waals surface area contributed by atoms with Crippen molar-refractivity contribution in [2.24, 2.45) is 0 Å². The summed E-state index contributed by atoms with van der Waals surface area (Å²) in [5, 5.41) is 20.0. The molecule has 0 radical (unpaired) electrons. The first kappa shape index (κ1) is 33.7. The second-order valence-electron chi connectivity index (χ2n) is 10.9. The summed E-state index contributed by atoms with van der Waals surface area (Å²) in [6, 6.07) is 19.5. The van der Waals surface area contributed by atoms with E-state index in [9.17, 15) is 23.5 Å². The zero-order chi connectivity index (χ0) is 32.5. The molecule has 4 rings (SSSR count). The predicted octanol–water partition coefficient (Wildman–Crippen LogP) is 5.72. The Kier molecular flexibility index (Phi) is 11.8. The fourth-order valence-electron chi connectivity index (χ4n) is 4.87. The van der Waals surface area contributed by atoms with Crippen molar-refractivity contribution in [2.75, 3.05) is 20.7 Å². The van der Waals surface area contributed by atoms with Crippen molar-refractivity contribution in [3.8, 4) is 5.75 Å². The van der Waals surface area contributed by atoms with E-state index in [4.69, 9.17) is 4.74 Å². The highest BCUT2D eigenvalue weighted by atomic mass is 32.1. The molecule has 0 spiro atoms. The van der Waals surface area contributed by atoms with Gasteiger partial charge in [-0.25, -0.2) is 13.8 Å². The minimum absolute atomic E-state index is 0.0392. The number of aromatic nitrogens is 1. The molecule has 0 unspecified atom stereocenters. The lowest BCUT2D eigenvalue weighted by atomic mass is 9.99. The largest absolute Gasteiger partial charge is 0.497 e. The van der Waals surface area contributed by atoms with Gasteiger partial charge in [0.1, 0.15) is 10.8 Å². The van der Waals surface area contributed by atoms with Crippen LogP contribution in [0.3, 0.4) is 0 Å². The number of methoxy groups -OCH3 is 1. The normalized spacial score (nSPS) is 13.2. The van der Waals surface area contributed by atoms with Gasteiger partial charge < -0.3 is 25.4 Å². The molecule has 3 atom stereocenters. The van der Waals surface area contributed by atoms with Crippen molar-refractivity contribution in [3.05, 3.63) is 117 Å². The maximum absolute atomic E-state index is 13.9. The van der Waals surface area contributed by atoms with Crippen LogP contribution in [0.1, 0.15) is 67.5 Å². The molecule has 11 heteroatoms. The van der Waals surface area contributed by atoms with Gasteiger partial charge >= 0.3 is 0 Å². The highest BCUT2D eigenvalue weighted by Gasteiger charge is 2.25. The van der Waals surface area contributed by atoms with Crippen LogP contribution >= 0.6 is 11.3 Å². The number of carbonyl (C=O) groups is 2. The molecule has 0 aliphatic heterocycles. The molecular formula is C34H38F2N4O4S. The quantitative estimate of drug-likeness (QED) is 0.164. The Hall–Kier alpha value is -4.19. The zero-order valence-corrected chi connectivity index (χ0v) is 26.5. The molecule has 3 N–H and O–H groups in total. The summed E-state index contributed by atoms with van der Waals surface area (Å²) in [6.07, 6.45) is -3.64. The van der Waals surface area contributed by atoms with Crippen molar-refractivity contribution >= 4 is 23.2 Å². The van der Waals surface area contributed by atoms with E-state index >= 15 is 0 Å². The smallest absolute Gasteiger partial charge is 0.263 e. The highest BCUT2D eigenvalue weighted by Crippen LogP contribution is 2.24. The Morgan fingerprint density at radius 2 is 1.76 bits per heavy atom. The maximum atomic E-state index is 13.9.